The summed E-state index contributed by atoms with van der Waals surface area (Å²) in [6.07, 6.45) is 3.47. The molecular weight excluding hydrogens is 358 g/mol. The molecular formula is C20H23N5OS. The van der Waals surface area contributed by atoms with Crippen LogP contribution in [0.25, 0.3) is 5.78 Å². The van der Waals surface area contributed by atoms with Gasteiger partial charge in [-0.05, 0) is 38.3 Å². The number of carbonyl (C=O) groups is 1. The zero-order valence-corrected chi connectivity index (χ0v) is 16.4. The van der Waals surface area contributed by atoms with E-state index in [1.807, 2.05) is 26.0 Å². The van der Waals surface area contributed by atoms with Crippen LogP contribution in [0.2, 0.25) is 0 Å². The Hall–Kier alpha value is -2.41. The van der Waals surface area contributed by atoms with Crippen molar-refractivity contribution in [1.82, 2.24) is 24.9 Å². The van der Waals surface area contributed by atoms with E-state index in [-0.39, 0.29) is 11.3 Å². The number of nitrogens with one attached hydrogen (secondary N) is 1. The summed E-state index contributed by atoms with van der Waals surface area (Å²) >= 11 is 1.35. The van der Waals surface area contributed by atoms with E-state index in [4.69, 9.17) is 0 Å². The van der Waals surface area contributed by atoms with E-state index in [1.165, 1.54) is 23.7 Å². The highest BCUT2D eigenvalue weighted by molar-refractivity contribution is 7.99. The Balaban J connectivity index is 1.35. The second-order valence-corrected chi connectivity index (χ2v) is 8.15. The van der Waals surface area contributed by atoms with Gasteiger partial charge in [-0.1, -0.05) is 48.5 Å². The molecule has 0 saturated heterocycles. The lowest BCUT2D eigenvalue weighted by Gasteiger charge is -2.42. The first-order chi connectivity index (χ1) is 13.1. The number of benzene rings is 1. The van der Waals surface area contributed by atoms with E-state index < -0.39 is 0 Å². The molecule has 27 heavy (non-hydrogen) atoms. The van der Waals surface area contributed by atoms with Crippen molar-refractivity contribution in [3.05, 3.63) is 53.3 Å². The first-order valence-electron chi connectivity index (χ1n) is 9.22. The summed E-state index contributed by atoms with van der Waals surface area (Å²) in [6.45, 7) is 4.60. The molecule has 0 atom stereocenters. The highest BCUT2D eigenvalue weighted by Gasteiger charge is 2.38. The lowest BCUT2D eigenvalue weighted by Crippen LogP contribution is -2.46. The normalized spacial score (nSPS) is 15.5. The third-order valence-corrected chi connectivity index (χ3v) is 6.09. The minimum atomic E-state index is 0.0157. The number of hydrogen-bond acceptors (Lipinski definition) is 5. The fraction of sp³-hybridized carbons (Fsp3) is 0.400. The molecule has 0 spiro atoms. The average Bonchev–Trinajstić information content (AvgIpc) is 3.03. The van der Waals surface area contributed by atoms with Gasteiger partial charge in [0.05, 0.1) is 5.75 Å². The third kappa shape index (κ3) is 3.69. The van der Waals surface area contributed by atoms with E-state index in [1.54, 1.807) is 4.52 Å². The minimum absolute atomic E-state index is 0.0157. The van der Waals surface area contributed by atoms with Gasteiger partial charge >= 0.3 is 0 Å². The van der Waals surface area contributed by atoms with Gasteiger partial charge < -0.3 is 5.32 Å². The van der Waals surface area contributed by atoms with Crippen molar-refractivity contribution in [2.75, 3.05) is 12.3 Å². The molecule has 1 saturated carbocycles. The molecule has 2 heterocycles. The van der Waals surface area contributed by atoms with Gasteiger partial charge in [-0.25, -0.2) is 9.50 Å². The average molecular weight is 382 g/mol. The van der Waals surface area contributed by atoms with Crippen molar-refractivity contribution in [3.63, 3.8) is 0 Å². The van der Waals surface area contributed by atoms with Gasteiger partial charge in [0.2, 0.25) is 11.1 Å². The Morgan fingerprint density at radius 3 is 2.70 bits per heavy atom. The molecule has 4 rings (SSSR count). The Kier molecular flexibility index (Phi) is 4.86. The lowest BCUT2D eigenvalue weighted by molar-refractivity contribution is -0.119. The standard InChI is InChI=1S/C20H23N5OS/c1-14-11-15(2)25-18(22-14)23-19(24-25)27-12-17(26)21-13-20(9-6-10-20)16-7-4-3-5-8-16/h3-5,7-8,11H,6,9-10,12-13H2,1-2H3,(H,21,26). The molecule has 7 heteroatoms. The first kappa shape index (κ1) is 18.0. The monoisotopic (exact) mass is 381 g/mol. The number of thioether (sulfide) groups is 1. The third-order valence-electron chi connectivity index (χ3n) is 5.25. The Labute approximate surface area is 162 Å². The van der Waals surface area contributed by atoms with Crippen LogP contribution in [0.3, 0.4) is 0 Å². The predicted molar refractivity (Wildman–Crippen MR) is 106 cm³/mol. The van der Waals surface area contributed by atoms with Crippen LogP contribution in [-0.4, -0.2) is 37.8 Å². The number of hydrogen-bond donors (Lipinski definition) is 1. The number of rotatable bonds is 6. The fourth-order valence-corrected chi connectivity index (χ4v) is 4.27. The lowest BCUT2D eigenvalue weighted by atomic mass is 9.64. The van der Waals surface area contributed by atoms with Gasteiger partial charge in [0, 0.05) is 23.3 Å². The van der Waals surface area contributed by atoms with Crippen LogP contribution >= 0.6 is 11.8 Å². The van der Waals surface area contributed by atoms with Crippen LogP contribution in [-0.2, 0) is 10.2 Å². The van der Waals surface area contributed by atoms with Gasteiger partial charge in [-0.15, -0.1) is 5.10 Å². The SMILES string of the molecule is Cc1cc(C)n2nc(SCC(=O)NCC3(c4ccccc4)CCC3)nc2n1. The maximum atomic E-state index is 12.4. The molecule has 1 aromatic carbocycles. The quantitative estimate of drug-likeness (QED) is 0.665. The van der Waals surface area contributed by atoms with Crippen LogP contribution in [0.1, 0.15) is 36.2 Å². The zero-order chi connectivity index (χ0) is 18.9. The number of aromatic nitrogens is 4. The van der Waals surface area contributed by atoms with Crippen molar-refractivity contribution in [2.24, 2.45) is 0 Å². The second-order valence-electron chi connectivity index (χ2n) is 7.21. The summed E-state index contributed by atoms with van der Waals surface area (Å²) in [5, 5.41) is 8.12. The number of fused-ring (bicyclic) bond motifs is 1. The van der Waals surface area contributed by atoms with E-state index >= 15 is 0 Å². The van der Waals surface area contributed by atoms with Crippen molar-refractivity contribution in [1.29, 1.82) is 0 Å². The van der Waals surface area contributed by atoms with Crippen molar-refractivity contribution in [3.8, 4) is 0 Å². The molecule has 1 aliphatic rings. The van der Waals surface area contributed by atoms with E-state index in [9.17, 15) is 4.79 Å². The second kappa shape index (κ2) is 7.31. The topological polar surface area (TPSA) is 72.2 Å². The summed E-state index contributed by atoms with van der Waals surface area (Å²) < 4.78 is 1.71. The Morgan fingerprint density at radius 1 is 1.22 bits per heavy atom. The molecule has 0 unspecified atom stereocenters. The summed E-state index contributed by atoms with van der Waals surface area (Å²) in [5.41, 5.74) is 3.31. The van der Waals surface area contributed by atoms with Gasteiger partial charge in [-0.2, -0.15) is 4.98 Å². The molecule has 1 fully saturated rings. The van der Waals surface area contributed by atoms with Crippen molar-refractivity contribution >= 4 is 23.4 Å². The first-order valence-corrected chi connectivity index (χ1v) is 10.2. The van der Waals surface area contributed by atoms with E-state index in [0.717, 1.165) is 24.2 Å². The minimum Gasteiger partial charge on any atom is -0.354 e. The van der Waals surface area contributed by atoms with Crippen LogP contribution in [0.4, 0.5) is 0 Å². The molecule has 2 aromatic heterocycles. The Morgan fingerprint density at radius 2 is 2.00 bits per heavy atom. The maximum Gasteiger partial charge on any atom is 0.253 e. The van der Waals surface area contributed by atoms with Gasteiger partial charge in [0.25, 0.3) is 5.78 Å². The molecule has 1 N–H and O–H groups in total. The molecule has 0 bridgehead atoms. The fourth-order valence-electron chi connectivity index (χ4n) is 3.62. The largest absolute Gasteiger partial charge is 0.354 e. The Bertz CT molecular complexity index is 965. The highest BCUT2D eigenvalue weighted by Crippen LogP contribution is 2.43. The summed E-state index contributed by atoms with van der Waals surface area (Å²) in [6, 6.07) is 12.5. The van der Waals surface area contributed by atoms with Crippen LogP contribution in [0.5, 0.6) is 0 Å². The van der Waals surface area contributed by atoms with Crippen molar-refractivity contribution < 1.29 is 4.79 Å². The van der Waals surface area contributed by atoms with Crippen molar-refractivity contribution in [2.45, 2.75) is 43.7 Å². The maximum absolute atomic E-state index is 12.4. The van der Waals surface area contributed by atoms with Gasteiger partial charge in [0.1, 0.15) is 0 Å². The number of amides is 1. The number of nitrogens with zero attached hydrogens (tertiary/aromatic N) is 4. The number of carbonyl (C=O) groups excluding carboxylic acids is 1. The smallest absolute Gasteiger partial charge is 0.253 e. The summed E-state index contributed by atoms with van der Waals surface area (Å²) in [7, 11) is 0. The predicted octanol–water partition coefficient (Wildman–Crippen LogP) is 3.07. The molecule has 140 valence electrons. The van der Waals surface area contributed by atoms with Crippen LogP contribution in [0.15, 0.2) is 41.6 Å². The molecule has 1 amide bonds. The summed E-state index contributed by atoms with van der Waals surface area (Å²) in [4.78, 5) is 21.2. The zero-order valence-electron chi connectivity index (χ0n) is 15.6. The molecule has 6 nitrogen and oxygen atoms in total. The van der Waals surface area contributed by atoms with Gasteiger partial charge in [0.15, 0.2) is 0 Å². The molecule has 0 radical (unpaired) electrons. The summed E-state index contributed by atoms with van der Waals surface area (Å²) in [5.74, 6) is 0.898. The van der Waals surface area contributed by atoms with Crippen LogP contribution < -0.4 is 5.32 Å². The number of aryl methyl sites for hydroxylation is 2. The molecule has 1 aliphatic carbocycles. The highest BCUT2D eigenvalue weighted by atomic mass is 32.2. The molecule has 0 aliphatic heterocycles. The van der Waals surface area contributed by atoms with E-state index in [2.05, 4.69) is 44.6 Å². The van der Waals surface area contributed by atoms with Crippen LogP contribution in [0, 0.1) is 13.8 Å². The van der Waals surface area contributed by atoms with E-state index in [0.29, 0.717) is 23.2 Å². The molecule has 3 aromatic rings. The van der Waals surface area contributed by atoms with Gasteiger partial charge in [-0.3, -0.25) is 4.79 Å².